The van der Waals surface area contributed by atoms with E-state index < -0.39 is 0 Å². The van der Waals surface area contributed by atoms with Crippen LogP contribution in [0.1, 0.15) is 50.2 Å². The van der Waals surface area contributed by atoms with Crippen molar-refractivity contribution in [1.82, 2.24) is 10.3 Å². The van der Waals surface area contributed by atoms with Crippen molar-refractivity contribution in [2.45, 2.75) is 45.4 Å². The number of hydrazine groups is 1. The van der Waals surface area contributed by atoms with Crippen molar-refractivity contribution >= 4 is 17.6 Å². The Labute approximate surface area is 114 Å². The van der Waals surface area contributed by atoms with Gasteiger partial charge in [0.05, 0.1) is 5.70 Å². The van der Waals surface area contributed by atoms with Gasteiger partial charge in [-0.2, -0.15) is 4.83 Å². The highest BCUT2D eigenvalue weighted by atomic mass is 32.2. The molecule has 0 aromatic heterocycles. The highest BCUT2D eigenvalue weighted by molar-refractivity contribution is 8.00. The SMILES string of the molecule is CCCCCCCc1ccc(C2=CSNN2)cc1. The number of benzene rings is 1. The minimum atomic E-state index is 1.16. The molecule has 0 fully saturated rings. The van der Waals surface area contributed by atoms with E-state index in [4.69, 9.17) is 0 Å². The molecule has 1 aliphatic heterocycles. The smallest absolute Gasteiger partial charge is 0.0645 e. The number of hydrogen-bond acceptors (Lipinski definition) is 3. The lowest BCUT2D eigenvalue weighted by Gasteiger charge is -2.05. The van der Waals surface area contributed by atoms with Gasteiger partial charge < -0.3 is 5.43 Å². The molecule has 2 N–H and O–H groups in total. The molecule has 18 heavy (non-hydrogen) atoms. The molecule has 0 atom stereocenters. The van der Waals surface area contributed by atoms with Crippen LogP contribution in [0, 0.1) is 0 Å². The Balaban J connectivity index is 1.77. The van der Waals surface area contributed by atoms with Crippen molar-refractivity contribution in [3.8, 4) is 0 Å². The summed E-state index contributed by atoms with van der Waals surface area (Å²) in [5, 5.41) is 2.10. The van der Waals surface area contributed by atoms with Gasteiger partial charge in [0.15, 0.2) is 0 Å². The van der Waals surface area contributed by atoms with Crippen LogP contribution in [-0.4, -0.2) is 0 Å². The number of unbranched alkanes of at least 4 members (excludes halogenated alkanes) is 4. The lowest BCUT2D eigenvalue weighted by molar-refractivity contribution is 0.632. The standard InChI is InChI=1S/C15H22N2S/c1-2-3-4-5-6-7-13-8-10-14(11-9-13)15-12-18-17-16-15/h8-12,16-17H,2-7H2,1H3. The third-order valence-corrected chi connectivity index (χ3v) is 3.83. The van der Waals surface area contributed by atoms with Crippen molar-refractivity contribution in [2.24, 2.45) is 0 Å². The molecule has 0 bridgehead atoms. The van der Waals surface area contributed by atoms with Crippen LogP contribution in [0.25, 0.3) is 5.70 Å². The number of nitrogens with one attached hydrogen (secondary N) is 2. The molecule has 98 valence electrons. The molecule has 2 rings (SSSR count). The molecule has 1 aromatic carbocycles. The van der Waals surface area contributed by atoms with Gasteiger partial charge in [-0.15, -0.1) is 0 Å². The Morgan fingerprint density at radius 3 is 2.44 bits per heavy atom. The first-order valence-corrected chi connectivity index (χ1v) is 7.74. The highest BCUT2D eigenvalue weighted by Gasteiger charge is 2.05. The lowest BCUT2D eigenvalue weighted by Crippen LogP contribution is -2.17. The summed E-state index contributed by atoms with van der Waals surface area (Å²) in [6.07, 6.45) is 7.98. The van der Waals surface area contributed by atoms with E-state index in [0.29, 0.717) is 0 Å². The predicted molar refractivity (Wildman–Crippen MR) is 80.7 cm³/mol. The van der Waals surface area contributed by atoms with Crippen molar-refractivity contribution in [3.63, 3.8) is 0 Å². The molecule has 1 aromatic rings. The fourth-order valence-corrected chi connectivity index (χ4v) is 2.67. The second-order valence-corrected chi connectivity index (χ2v) is 5.41. The van der Waals surface area contributed by atoms with Crippen LogP contribution in [0.3, 0.4) is 0 Å². The van der Waals surface area contributed by atoms with Crippen LogP contribution < -0.4 is 10.3 Å². The molecule has 1 heterocycles. The molecule has 0 saturated heterocycles. The van der Waals surface area contributed by atoms with E-state index in [2.05, 4.69) is 46.9 Å². The maximum atomic E-state index is 3.13. The zero-order chi connectivity index (χ0) is 12.6. The van der Waals surface area contributed by atoms with E-state index in [-0.39, 0.29) is 0 Å². The fourth-order valence-electron chi connectivity index (χ4n) is 2.13. The van der Waals surface area contributed by atoms with Crippen molar-refractivity contribution < 1.29 is 0 Å². The Kier molecular flexibility index (Phi) is 5.62. The second kappa shape index (κ2) is 7.49. The summed E-state index contributed by atoms with van der Waals surface area (Å²) < 4.78 is 0. The summed E-state index contributed by atoms with van der Waals surface area (Å²) in [7, 11) is 0. The van der Waals surface area contributed by atoms with Gasteiger partial charge in [0.25, 0.3) is 0 Å². The minimum absolute atomic E-state index is 1.16. The first kappa shape index (κ1) is 13.5. The zero-order valence-electron chi connectivity index (χ0n) is 11.0. The second-order valence-electron chi connectivity index (χ2n) is 4.74. The van der Waals surface area contributed by atoms with E-state index >= 15 is 0 Å². The molecule has 0 spiro atoms. The molecule has 3 heteroatoms. The quantitative estimate of drug-likeness (QED) is 0.567. The molecule has 0 amide bonds. The molecule has 0 unspecified atom stereocenters. The Morgan fingerprint density at radius 2 is 1.78 bits per heavy atom. The monoisotopic (exact) mass is 262 g/mol. The molecule has 0 aliphatic carbocycles. The van der Waals surface area contributed by atoms with Gasteiger partial charge in [0.2, 0.25) is 0 Å². The number of rotatable bonds is 7. The number of aryl methyl sites for hydroxylation is 1. The van der Waals surface area contributed by atoms with E-state index in [1.807, 2.05) is 0 Å². The summed E-state index contributed by atoms with van der Waals surface area (Å²) in [6, 6.07) is 8.91. The van der Waals surface area contributed by atoms with Crippen LogP contribution >= 0.6 is 11.9 Å². The van der Waals surface area contributed by atoms with Gasteiger partial charge in [-0.05, 0) is 35.9 Å². The summed E-state index contributed by atoms with van der Waals surface area (Å²) in [4.78, 5) is 3.01. The van der Waals surface area contributed by atoms with E-state index in [1.54, 1.807) is 11.9 Å². The van der Waals surface area contributed by atoms with Crippen molar-refractivity contribution in [2.75, 3.05) is 0 Å². The predicted octanol–water partition coefficient (Wildman–Crippen LogP) is 4.25. The van der Waals surface area contributed by atoms with Crippen molar-refractivity contribution in [1.29, 1.82) is 0 Å². The lowest BCUT2D eigenvalue weighted by atomic mass is 10.0. The average Bonchev–Trinajstić information content (AvgIpc) is 2.93. The molecule has 0 radical (unpaired) electrons. The van der Waals surface area contributed by atoms with Crippen LogP contribution in [0.15, 0.2) is 29.7 Å². The molecular weight excluding hydrogens is 240 g/mol. The summed E-state index contributed by atoms with van der Waals surface area (Å²) in [5.41, 5.74) is 7.00. The molecule has 1 aliphatic rings. The largest absolute Gasteiger partial charge is 0.310 e. The first-order valence-electron chi connectivity index (χ1n) is 6.86. The maximum absolute atomic E-state index is 3.13. The molecule has 2 nitrogen and oxygen atoms in total. The zero-order valence-corrected chi connectivity index (χ0v) is 11.9. The highest BCUT2D eigenvalue weighted by Crippen LogP contribution is 2.19. The van der Waals surface area contributed by atoms with E-state index in [0.717, 1.165) is 5.70 Å². The normalized spacial score (nSPS) is 14.4. The van der Waals surface area contributed by atoms with Crippen LogP contribution in [0.5, 0.6) is 0 Å². The van der Waals surface area contributed by atoms with Crippen LogP contribution in [0.2, 0.25) is 0 Å². The van der Waals surface area contributed by atoms with Gasteiger partial charge in [-0.1, -0.05) is 56.9 Å². The third-order valence-electron chi connectivity index (χ3n) is 3.26. The van der Waals surface area contributed by atoms with Gasteiger partial charge >= 0.3 is 0 Å². The minimum Gasteiger partial charge on any atom is -0.310 e. The first-order chi connectivity index (χ1) is 8.90. The summed E-state index contributed by atoms with van der Waals surface area (Å²) >= 11 is 1.58. The molecule has 0 saturated carbocycles. The number of hydrogen-bond donors (Lipinski definition) is 2. The van der Waals surface area contributed by atoms with Gasteiger partial charge in [-0.25, -0.2) is 0 Å². The van der Waals surface area contributed by atoms with Gasteiger partial charge in [0, 0.05) is 5.41 Å². The molecular formula is C15H22N2S. The van der Waals surface area contributed by atoms with E-state index in [9.17, 15) is 0 Å². The Hall–Kier alpha value is -0.930. The van der Waals surface area contributed by atoms with Crippen LogP contribution in [-0.2, 0) is 6.42 Å². The Bertz CT molecular complexity index is 384. The van der Waals surface area contributed by atoms with E-state index in [1.165, 1.54) is 49.7 Å². The Morgan fingerprint density at radius 1 is 1.00 bits per heavy atom. The third kappa shape index (κ3) is 4.07. The average molecular weight is 262 g/mol. The topological polar surface area (TPSA) is 24.1 Å². The summed E-state index contributed by atoms with van der Waals surface area (Å²) in [5.74, 6) is 0. The fraction of sp³-hybridized carbons (Fsp3) is 0.467. The van der Waals surface area contributed by atoms with Gasteiger partial charge in [0.1, 0.15) is 0 Å². The van der Waals surface area contributed by atoms with Gasteiger partial charge in [-0.3, -0.25) is 0 Å². The maximum Gasteiger partial charge on any atom is 0.0645 e. The van der Waals surface area contributed by atoms with Crippen molar-refractivity contribution in [3.05, 3.63) is 40.8 Å². The summed E-state index contributed by atoms with van der Waals surface area (Å²) in [6.45, 7) is 2.26. The van der Waals surface area contributed by atoms with Crippen LogP contribution in [0.4, 0.5) is 0 Å².